The number of H-pyrrole nitrogens is 1. The molecule has 0 spiro atoms. The van der Waals surface area contributed by atoms with Gasteiger partial charge in [0.1, 0.15) is 11.4 Å². The van der Waals surface area contributed by atoms with Crippen molar-refractivity contribution in [3.63, 3.8) is 0 Å². The second-order valence-corrected chi connectivity index (χ2v) is 9.14. The van der Waals surface area contributed by atoms with Gasteiger partial charge in [-0.3, -0.25) is 4.79 Å². The lowest BCUT2D eigenvalue weighted by Gasteiger charge is -2.30. The summed E-state index contributed by atoms with van der Waals surface area (Å²) < 4.78 is 5.55. The number of nitrogens with zero attached hydrogens (tertiary/aromatic N) is 2. The number of methoxy groups -OCH3 is 1. The average Bonchev–Trinajstić information content (AvgIpc) is 3.32. The number of rotatable bonds is 6. The van der Waals surface area contributed by atoms with E-state index < -0.39 is 6.10 Å². The number of nitrogens with one attached hydrogen (secondary N) is 2. The molecule has 3 heterocycles. The van der Waals surface area contributed by atoms with Crippen LogP contribution in [0.15, 0.2) is 67.0 Å². The molecule has 180 valence electrons. The van der Waals surface area contributed by atoms with Crippen LogP contribution in [0.5, 0.6) is 5.75 Å². The number of fused-ring (bicyclic) bond motifs is 1. The molecule has 0 radical (unpaired) electrons. The molecule has 1 amide bonds. The highest BCUT2D eigenvalue weighted by Crippen LogP contribution is 2.36. The molecule has 2 aromatic heterocycles. The quantitative estimate of drug-likeness (QED) is 0.394. The standard InChI is InChI=1S/C28H30N4O3/c1-32-12-10-21(11-13-32)31-28(34)26(33)19-7-5-6-18(14-19)20-15-23-24(17-30-27(23)29-16-20)22-8-3-4-9-25(22)35-2/h3-9,14-17,21,26,33H,10-13H2,1-2H3,(H,29,30)(H,31,34). The Morgan fingerprint density at radius 3 is 2.71 bits per heavy atom. The SMILES string of the molecule is COc1ccccc1-c1c[nH]c2ncc(-c3cccc(C(O)C(=O)NC4CCN(C)CC4)c3)cc12. The van der Waals surface area contributed by atoms with Crippen LogP contribution >= 0.6 is 0 Å². The number of piperidine rings is 1. The molecule has 2 aromatic carbocycles. The Kier molecular flexibility index (Phi) is 6.53. The summed E-state index contributed by atoms with van der Waals surface area (Å²) in [5, 5.41) is 14.8. The van der Waals surface area contributed by atoms with Crippen LogP contribution in [0, 0.1) is 0 Å². The summed E-state index contributed by atoms with van der Waals surface area (Å²) >= 11 is 0. The van der Waals surface area contributed by atoms with E-state index in [4.69, 9.17) is 4.74 Å². The molecule has 3 N–H and O–H groups in total. The molecule has 1 aliphatic heterocycles. The maximum absolute atomic E-state index is 12.7. The first-order chi connectivity index (χ1) is 17.0. The zero-order chi connectivity index (χ0) is 24.4. The minimum Gasteiger partial charge on any atom is -0.496 e. The van der Waals surface area contributed by atoms with Gasteiger partial charge in [0.15, 0.2) is 6.10 Å². The van der Waals surface area contributed by atoms with Gasteiger partial charge in [0.25, 0.3) is 5.91 Å². The minimum absolute atomic E-state index is 0.102. The molecule has 1 atom stereocenters. The zero-order valence-electron chi connectivity index (χ0n) is 20.0. The van der Waals surface area contributed by atoms with Crippen molar-refractivity contribution < 1.29 is 14.6 Å². The van der Waals surface area contributed by atoms with Gasteiger partial charge in [-0.2, -0.15) is 0 Å². The first-order valence-corrected chi connectivity index (χ1v) is 11.9. The summed E-state index contributed by atoms with van der Waals surface area (Å²) in [5.41, 5.74) is 5.11. The van der Waals surface area contributed by atoms with Gasteiger partial charge in [-0.05, 0) is 62.3 Å². The summed E-state index contributed by atoms with van der Waals surface area (Å²) in [7, 11) is 3.74. The Balaban J connectivity index is 1.41. The zero-order valence-corrected chi connectivity index (χ0v) is 20.0. The maximum Gasteiger partial charge on any atom is 0.253 e. The molecular formula is C28H30N4O3. The van der Waals surface area contributed by atoms with E-state index in [2.05, 4.69) is 33.3 Å². The number of benzene rings is 2. The van der Waals surface area contributed by atoms with E-state index in [0.717, 1.165) is 65.0 Å². The Hall–Kier alpha value is -3.68. The highest BCUT2D eigenvalue weighted by molar-refractivity contribution is 5.97. The van der Waals surface area contributed by atoms with Crippen LogP contribution in [0.4, 0.5) is 0 Å². The summed E-state index contributed by atoms with van der Waals surface area (Å²) in [4.78, 5) is 22.8. The molecule has 35 heavy (non-hydrogen) atoms. The summed E-state index contributed by atoms with van der Waals surface area (Å²) in [6.45, 7) is 1.89. The predicted molar refractivity (Wildman–Crippen MR) is 137 cm³/mol. The molecule has 1 aliphatic rings. The topological polar surface area (TPSA) is 90.5 Å². The third-order valence-corrected chi connectivity index (χ3v) is 6.78. The molecule has 0 bridgehead atoms. The van der Waals surface area contributed by atoms with Crippen molar-refractivity contribution in [1.29, 1.82) is 0 Å². The molecule has 0 saturated carbocycles. The lowest BCUT2D eigenvalue weighted by Crippen LogP contribution is -2.44. The van der Waals surface area contributed by atoms with Crippen molar-refractivity contribution in [1.82, 2.24) is 20.2 Å². The molecule has 4 aromatic rings. The number of ether oxygens (including phenoxy) is 1. The number of aromatic nitrogens is 2. The van der Waals surface area contributed by atoms with E-state index in [1.54, 1.807) is 19.4 Å². The molecule has 1 fully saturated rings. The van der Waals surface area contributed by atoms with Crippen molar-refractivity contribution in [3.05, 3.63) is 72.6 Å². The highest BCUT2D eigenvalue weighted by Gasteiger charge is 2.23. The third-order valence-electron chi connectivity index (χ3n) is 6.78. The lowest BCUT2D eigenvalue weighted by molar-refractivity contribution is -0.130. The number of carbonyl (C=O) groups is 1. The van der Waals surface area contributed by atoms with E-state index in [1.165, 1.54) is 0 Å². The van der Waals surface area contributed by atoms with Crippen LogP contribution in [0.3, 0.4) is 0 Å². The maximum atomic E-state index is 12.7. The molecule has 7 heteroatoms. The van der Waals surface area contributed by atoms with E-state index in [0.29, 0.717) is 5.56 Å². The van der Waals surface area contributed by atoms with Crippen LogP contribution in [0.2, 0.25) is 0 Å². The Morgan fingerprint density at radius 2 is 1.91 bits per heavy atom. The Bertz CT molecular complexity index is 1340. The highest BCUT2D eigenvalue weighted by atomic mass is 16.5. The van der Waals surface area contributed by atoms with Crippen molar-refractivity contribution in [2.75, 3.05) is 27.2 Å². The largest absolute Gasteiger partial charge is 0.496 e. The third kappa shape index (κ3) is 4.78. The van der Waals surface area contributed by atoms with Crippen LogP contribution in [-0.4, -0.2) is 59.2 Å². The summed E-state index contributed by atoms with van der Waals surface area (Å²) in [5.74, 6) is 0.439. The number of aliphatic hydroxyl groups excluding tert-OH is 1. The van der Waals surface area contributed by atoms with Crippen molar-refractivity contribution >= 4 is 16.9 Å². The van der Waals surface area contributed by atoms with Gasteiger partial charge in [-0.1, -0.05) is 36.4 Å². The van der Waals surface area contributed by atoms with E-state index in [1.807, 2.05) is 48.7 Å². The Labute approximate surface area is 204 Å². The van der Waals surface area contributed by atoms with Crippen molar-refractivity contribution in [3.8, 4) is 28.0 Å². The molecule has 1 saturated heterocycles. The average molecular weight is 471 g/mol. The van der Waals surface area contributed by atoms with E-state index in [-0.39, 0.29) is 11.9 Å². The van der Waals surface area contributed by atoms with Crippen LogP contribution in [0.25, 0.3) is 33.3 Å². The van der Waals surface area contributed by atoms with Crippen molar-refractivity contribution in [2.24, 2.45) is 0 Å². The van der Waals surface area contributed by atoms with E-state index in [9.17, 15) is 9.90 Å². The normalized spacial score (nSPS) is 15.7. The number of carbonyl (C=O) groups excluding carboxylic acids is 1. The number of likely N-dealkylation sites (tertiary alicyclic amines) is 1. The number of para-hydroxylation sites is 1. The first-order valence-electron chi connectivity index (χ1n) is 11.9. The Morgan fingerprint density at radius 1 is 1.11 bits per heavy atom. The molecule has 5 rings (SSSR count). The van der Waals surface area contributed by atoms with Crippen LogP contribution in [-0.2, 0) is 4.79 Å². The second kappa shape index (κ2) is 9.90. The second-order valence-electron chi connectivity index (χ2n) is 9.14. The smallest absolute Gasteiger partial charge is 0.253 e. The van der Waals surface area contributed by atoms with Crippen molar-refractivity contribution in [2.45, 2.75) is 25.0 Å². The van der Waals surface area contributed by atoms with E-state index >= 15 is 0 Å². The molecule has 1 unspecified atom stereocenters. The van der Waals surface area contributed by atoms with Gasteiger partial charge in [-0.25, -0.2) is 4.98 Å². The van der Waals surface area contributed by atoms with Gasteiger partial charge in [0.05, 0.1) is 7.11 Å². The number of aliphatic hydroxyl groups is 1. The van der Waals surface area contributed by atoms with Gasteiger partial charge in [-0.15, -0.1) is 0 Å². The monoisotopic (exact) mass is 470 g/mol. The number of amides is 1. The number of aromatic amines is 1. The van der Waals surface area contributed by atoms with Crippen LogP contribution < -0.4 is 10.1 Å². The summed E-state index contributed by atoms with van der Waals surface area (Å²) in [6, 6.07) is 17.5. The fourth-order valence-electron chi connectivity index (χ4n) is 4.72. The number of hydrogen-bond acceptors (Lipinski definition) is 5. The molecule has 7 nitrogen and oxygen atoms in total. The molecular weight excluding hydrogens is 440 g/mol. The fourth-order valence-corrected chi connectivity index (χ4v) is 4.72. The van der Waals surface area contributed by atoms with Crippen LogP contribution in [0.1, 0.15) is 24.5 Å². The fraction of sp³-hybridized carbons (Fsp3) is 0.286. The number of pyridine rings is 1. The molecule has 0 aliphatic carbocycles. The van der Waals surface area contributed by atoms with Gasteiger partial charge >= 0.3 is 0 Å². The first kappa shape index (κ1) is 23.1. The lowest BCUT2D eigenvalue weighted by atomic mass is 9.98. The number of hydrogen-bond donors (Lipinski definition) is 3. The summed E-state index contributed by atoms with van der Waals surface area (Å²) in [6.07, 6.45) is 4.31. The van der Waals surface area contributed by atoms with Gasteiger partial charge in [0, 0.05) is 40.5 Å². The van der Waals surface area contributed by atoms with Gasteiger partial charge < -0.3 is 25.0 Å². The predicted octanol–water partition coefficient (Wildman–Crippen LogP) is 4.15. The minimum atomic E-state index is -1.22. The van der Waals surface area contributed by atoms with Gasteiger partial charge in [0.2, 0.25) is 0 Å².